The summed E-state index contributed by atoms with van der Waals surface area (Å²) in [5.41, 5.74) is 0.841. The summed E-state index contributed by atoms with van der Waals surface area (Å²) in [4.78, 5) is 16.3. The molecule has 0 saturated heterocycles. The first-order chi connectivity index (χ1) is 8.96. The number of benzene rings is 1. The van der Waals surface area contributed by atoms with Crippen LogP contribution in [-0.2, 0) is 14.9 Å². The maximum Gasteiger partial charge on any atom is 0.315 e. The van der Waals surface area contributed by atoms with Crippen molar-refractivity contribution in [1.29, 1.82) is 0 Å². The van der Waals surface area contributed by atoms with E-state index in [1.54, 1.807) is 19.2 Å². The number of nitrogens with zero attached hydrogens (tertiary/aromatic N) is 1. The Labute approximate surface area is 117 Å². The number of pyridine rings is 1. The fourth-order valence-corrected chi connectivity index (χ4v) is 2.21. The van der Waals surface area contributed by atoms with Crippen LogP contribution in [0.5, 0.6) is 0 Å². The van der Waals surface area contributed by atoms with E-state index in [4.69, 9.17) is 16.3 Å². The molecule has 0 spiro atoms. The van der Waals surface area contributed by atoms with E-state index in [0.717, 1.165) is 16.5 Å². The molecule has 4 heteroatoms. The van der Waals surface area contributed by atoms with Crippen molar-refractivity contribution >= 4 is 28.5 Å². The maximum atomic E-state index is 12.0. The summed E-state index contributed by atoms with van der Waals surface area (Å²) in [6, 6.07) is 7.50. The summed E-state index contributed by atoms with van der Waals surface area (Å²) in [5, 5.41) is 1.47. The number of rotatable bonds is 3. The summed E-state index contributed by atoms with van der Waals surface area (Å²) in [5.74, 6) is -0.255. The average Bonchev–Trinajstić information content (AvgIpc) is 2.39. The molecule has 19 heavy (non-hydrogen) atoms. The lowest BCUT2D eigenvalue weighted by Crippen LogP contribution is -2.31. The van der Waals surface area contributed by atoms with Crippen LogP contribution in [0.3, 0.4) is 0 Å². The molecule has 0 fully saturated rings. The highest BCUT2D eigenvalue weighted by Gasteiger charge is 2.32. The first kappa shape index (κ1) is 13.8. The number of hydrogen-bond donors (Lipinski definition) is 0. The summed E-state index contributed by atoms with van der Waals surface area (Å²) in [6.07, 6.45) is 1.70. The van der Waals surface area contributed by atoms with Gasteiger partial charge < -0.3 is 4.74 Å². The Morgan fingerprint density at radius 3 is 2.84 bits per heavy atom. The molecule has 100 valence electrons. The lowest BCUT2D eigenvalue weighted by atomic mass is 9.84. The Balaban J connectivity index is 2.54. The third kappa shape index (κ3) is 2.56. The van der Waals surface area contributed by atoms with Crippen LogP contribution in [0.25, 0.3) is 10.9 Å². The van der Waals surface area contributed by atoms with Gasteiger partial charge in [-0.1, -0.05) is 17.7 Å². The second-order valence-electron chi connectivity index (χ2n) is 4.88. The van der Waals surface area contributed by atoms with Gasteiger partial charge in [0.15, 0.2) is 0 Å². The highest BCUT2D eigenvalue weighted by molar-refractivity contribution is 6.35. The molecule has 1 aromatic heterocycles. The van der Waals surface area contributed by atoms with E-state index in [1.807, 2.05) is 32.0 Å². The number of hydrogen-bond acceptors (Lipinski definition) is 3. The van der Waals surface area contributed by atoms with Gasteiger partial charge in [0.2, 0.25) is 0 Å². The van der Waals surface area contributed by atoms with Gasteiger partial charge in [0, 0.05) is 11.6 Å². The molecule has 0 aliphatic rings. The van der Waals surface area contributed by atoms with Gasteiger partial charge in [-0.2, -0.15) is 0 Å². The molecule has 1 heterocycles. The predicted molar refractivity (Wildman–Crippen MR) is 76.4 cm³/mol. The van der Waals surface area contributed by atoms with Crippen LogP contribution in [-0.4, -0.2) is 17.6 Å². The first-order valence-electron chi connectivity index (χ1n) is 6.18. The van der Waals surface area contributed by atoms with Crippen LogP contribution in [0, 0.1) is 0 Å². The SMILES string of the molecule is CCOC(=O)C(C)(C)c1cc(Cl)c2ncccc2c1. The minimum Gasteiger partial charge on any atom is -0.465 e. The largest absolute Gasteiger partial charge is 0.465 e. The van der Waals surface area contributed by atoms with Gasteiger partial charge in [-0.15, -0.1) is 0 Å². The highest BCUT2D eigenvalue weighted by Crippen LogP contribution is 2.31. The summed E-state index contributed by atoms with van der Waals surface area (Å²) in [7, 11) is 0. The Morgan fingerprint density at radius 2 is 2.16 bits per heavy atom. The Kier molecular flexibility index (Phi) is 3.76. The number of aromatic nitrogens is 1. The van der Waals surface area contributed by atoms with Gasteiger partial charge in [-0.3, -0.25) is 9.78 Å². The molecule has 0 aliphatic carbocycles. The van der Waals surface area contributed by atoms with E-state index in [-0.39, 0.29) is 5.97 Å². The maximum absolute atomic E-state index is 12.0. The fraction of sp³-hybridized carbons (Fsp3) is 0.333. The van der Waals surface area contributed by atoms with Crippen LogP contribution >= 0.6 is 11.6 Å². The van der Waals surface area contributed by atoms with Crippen molar-refractivity contribution < 1.29 is 9.53 Å². The molecule has 2 rings (SSSR count). The van der Waals surface area contributed by atoms with E-state index in [0.29, 0.717) is 11.6 Å². The topological polar surface area (TPSA) is 39.2 Å². The second kappa shape index (κ2) is 5.17. The van der Waals surface area contributed by atoms with Crippen molar-refractivity contribution in [2.75, 3.05) is 6.61 Å². The van der Waals surface area contributed by atoms with Crippen molar-refractivity contribution in [3.05, 3.63) is 41.0 Å². The van der Waals surface area contributed by atoms with Gasteiger partial charge in [0.05, 0.1) is 22.6 Å². The monoisotopic (exact) mass is 277 g/mol. The molecule has 3 nitrogen and oxygen atoms in total. The number of ether oxygens (including phenoxy) is 1. The van der Waals surface area contributed by atoms with Crippen LogP contribution in [0.2, 0.25) is 5.02 Å². The number of carbonyl (C=O) groups is 1. The van der Waals surface area contributed by atoms with Crippen LogP contribution in [0.15, 0.2) is 30.5 Å². The smallest absolute Gasteiger partial charge is 0.315 e. The number of carbonyl (C=O) groups excluding carboxylic acids is 1. The van der Waals surface area contributed by atoms with Gasteiger partial charge in [-0.05, 0) is 44.5 Å². The van der Waals surface area contributed by atoms with Crippen LogP contribution in [0.1, 0.15) is 26.3 Å². The quantitative estimate of drug-likeness (QED) is 0.803. The zero-order valence-electron chi connectivity index (χ0n) is 11.2. The van der Waals surface area contributed by atoms with Crippen LogP contribution < -0.4 is 0 Å². The summed E-state index contributed by atoms with van der Waals surface area (Å²) >= 11 is 6.24. The molecule has 0 radical (unpaired) electrons. The summed E-state index contributed by atoms with van der Waals surface area (Å²) in [6.45, 7) is 5.83. The summed E-state index contributed by atoms with van der Waals surface area (Å²) < 4.78 is 5.12. The molecule has 0 unspecified atom stereocenters. The van der Waals surface area contributed by atoms with Crippen molar-refractivity contribution in [3.8, 4) is 0 Å². The Bertz CT molecular complexity index is 623. The standard InChI is InChI=1S/C15H16ClNO2/c1-4-19-14(18)15(2,3)11-8-10-6-5-7-17-13(10)12(16)9-11/h5-9H,4H2,1-3H3. The molecule has 0 saturated carbocycles. The average molecular weight is 278 g/mol. The molecule has 0 bridgehead atoms. The van der Waals surface area contributed by atoms with E-state index in [2.05, 4.69) is 4.98 Å². The van der Waals surface area contributed by atoms with Gasteiger partial charge in [0.25, 0.3) is 0 Å². The number of esters is 1. The molecule has 2 aromatic rings. The zero-order chi connectivity index (χ0) is 14.0. The molecule has 0 amide bonds. The predicted octanol–water partition coefficient (Wildman–Crippen LogP) is 3.73. The van der Waals surface area contributed by atoms with Gasteiger partial charge in [0.1, 0.15) is 0 Å². The lowest BCUT2D eigenvalue weighted by molar-refractivity contribution is -0.148. The molecule has 0 aliphatic heterocycles. The molecule has 1 aromatic carbocycles. The Morgan fingerprint density at radius 1 is 1.42 bits per heavy atom. The first-order valence-corrected chi connectivity index (χ1v) is 6.56. The highest BCUT2D eigenvalue weighted by atomic mass is 35.5. The number of fused-ring (bicyclic) bond motifs is 1. The van der Waals surface area contributed by atoms with Crippen molar-refractivity contribution in [3.63, 3.8) is 0 Å². The zero-order valence-corrected chi connectivity index (χ0v) is 12.0. The third-order valence-corrected chi connectivity index (χ3v) is 3.45. The van der Waals surface area contributed by atoms with E-state index in [9.17, 15) is 4.79 Å². The molecular weight excluding hydrogens is 262 g/mol. The minimum absolute atomic E-state index is 0.255. The normalized spacial score (nSPS) is 11.6. The Hall–Kier alpha value is -1.61. The second-order valence-corrected chi connectivity index (χ2v) is 5.29. The van der Waals surface area contributed by atoms with E-state index < -0.39 is 5.41 Å². The fourth-order valence-electron chi connectivity index (χ4n) is 1.94. The van der Waals surface area contributed by atoms with E-state index in [1.165, 1.54) is 0 Å². The molecular formula is C15H16ClNO2. The van der Waals surface area contributed by atoms with Crippen LogP contribution in [0.4, 0.5) is 0 Å². The van der Waals surface area contributed by atoms with Gasteiger partial charge >= 0.3 is 5.97 Å². The minimum atomic E-state index is -0.732. The van der Waals surface area contributed by atoms with Crippen molar-refractivity contribution in [1.82, 2.24) is 4.98 Å². The van der Waals surface area contributed by atoms with Gasteiger partial charge in [-0.25, -0.2) is 0 Å². The molecule has 0 atom stereocenters. The number of halogens is 1. The molecule has 0 N–H and O–H groups in total. The van der Waals surface area contributed by atoms with E-state index >= 15 is 0 Å². The van der Waals surface area contributed by atoms with Crippen molar-refractivity contribution in [2.45, 2.75) is 26.2 Å². The van der Waals surface area contributed by atoms with Crippen molar-refractivity contribution in [2.24, 2.45) is 0 Å². The lowest BCUT2D eigenvalue weighted by Gasteiger charge is -2.23. The third-order valence-electron chi connectivity index (χ3n) is 3.17.